The molecule has 2 nitrogen and oxygen atoms in total. The van der Waals surface area contributed by atoms with Crippen LogP contribution in [-0.2, 0) is 6.54 Å². The van der Waals surface area contributed by atoms with Gasteiger partial charge in [-0.2, -0.15) is 0 Å². The Bertz CT molecular complexity index is 382. The number of nitrogens with one attached hydrogen (secondary N) is 1. The quantitative estimate of drug-likeness (QED) is 0.871. The Hall–Kier alpha value is -1.00. The molecule has 0 aromatic heterocycles. The first kappa shape index (κ1) is 12.5. The smallest absolute Gasteiger partial charge is 0.130 e. The summed E-state index contributed by atoms with van der Waals surface area (Å²) < 4.78 is 26.4. The lowest BCUT2D eigenvalue weighted by atomic mass is 10.1. The molecular formula is C13H18F2N2. The van der Waals surface area contributed by atoms with Gasteiger partial charge in [-0.05, 0) is 12.5 Å². The average molecular weight is 240 g/mol. The molecule has 2 rings (SSSR count). The predicted octanol–water partition coefficient (Wildman–Crippen LogP) is 2.15. The van der Waals surface area contributed by atoms with Gasteiger partial charge in [0.25, 0.3) is 0 Å². The molecule has 1 fully saturated rings. The van der Waals surface area contributed by atoms with E-state index >= 15 is 0 Å². The minimum atomic E-state index is -0.515. The summed E-state index contributed by atoms with van der Waals surface area (Å²) in [5.74, 6) is -0.961. The van der Waals surface area contributed by atoms with Crippen molar-refractivity contribution in [2.45, 2.75) is 25.9 Å². The molecule has 0 saturated carbocycles. The molecule has 0 radical (unpaired) electrons. The van der Waals surface area contributed by atoms with E-state index < -0.39 is 11.6 Å². The molecule has 1 aromatic rings. The van der Waals surface area contributed by atoms with Crippen LogP contribution in [0, 0.1) is 11.6 Å². The minimum absolute atomic E-state index is 0.438. The summed E-state index contributed by atoms with van der Waals surface area (Å²) in [6, 6.07) is 4.26. The van der Waals surface area contributed by atoms with E-state index in [0.29, 0.717) is 18.2 Å². The van der Waals surface area contributed by atoms with Crippen molar-refractivity contribution in [3.8, 4) is 0 Å². The fourth-order valence-electron chi connectivity index (χ4n) is 2.28. The molecule has 1 unspecified atom stereocenters. The highest BCUT2D eigenvalue weighted by Crippen LogP contribution is 2.16. The van der Waals surface area contributed by atoms with Crippen LogP contribution in [0.4, 0.5) is 8.78 Å². The molecule has 1 heterocycles. The van der Waals surface area contributed by atoms with Crippen LogP contribution >= 0.6 is 0 Å². The second kappa shape index (κ2) is 5.56. The number of halogens is 2. The zero-order valence-electron chi connectivity index (χ0n) is 10.0. The Morgan fingerprint density at radius 3 is 2.94 bits per heavy atom. The van der Waals surface area contributed by atoms with E-state index in [9.17, 15) is 8.78 Å². The van der Waals surface area contributed by atoms with Gasteiger partial charge in [0.1, 0.15) is 11.6 Å². The zero-order valence-corrected chi connectivity index (χ0v) is 10.0. The van der Waals surface area contributed by atoms with E-state index in [-0.39, 0.29) is 0 Å². The number of hydrogen-bond donors (Lipinski definition) is 1. The summed E-state index contributed by atoms with van der Waals surface area (Å²) in [6.45, 7) is 5.48. The molecule has 0 bridgehead atoms. The number of nitrogens with zero attached hydrogens (tertiary/aromatic N) is 1. The van der Waals surface area contributed by atoms with Crippen molar-refractivity contribution in [3.05, 3.63) is 35.4 Å². The molecule has 1 aliphatic rings. The molecule has 0 spiro atoms. The van der Waals surface area contributed by atoms with Crippen molar-refractivity contribution < 1.29 is 8.78 Å². The van der Waals surface area contributed by atoms with Gasteiger partial charge in [0.15, 0.2) is 0 Å². The van der Waals surface area contributed by atoms with E-state index in [1.54, 1.807) is 6.07 Å². The van der Waals surface area contributed by atoms with Crippen LogP contribution in [0.15, 0.2) is 18.2 Å². The minimum Gasteiger partial charge on any atom is -0.314 e. The number of benzene rings is 1. The van der Waals surface area contributed by atoms with Crippen LogP contribution < -0.4 is 5.32 Å². The molecule has 1 aliphatic heterocycles. The third-order valence-electron chi connectivity index (χ3n) is 3.33. The monoisotopic (exact) mass is 240 g/mol. The van der Waals surface area contributed by atoms with Crippen LogP contribution in [-0.4, -0.2) is 30.6 Å². The van der Waals surface area contributed by atoms with E-state index in [1.165, 1.54) is 6.07 Å². The van der Waals surface area contributed by atoms with Crippen LogP contribution in [0.1, 0.15) is 18.9 Å². The van der Waals surface area contributed by atoms with Gasteiger partial charge >= 0.3 is 0 Å². The largest absolute Gasteiger partial charge is 0.314 e. The van der Waals surface area contributed by atoms with Crippen LogP contribution in [0.5, 0.6) is 0 Å². The molecule has 17 heavy (non-hydrogen) atoms. The van der Waals surface area contributed by atoms with E-state index in [1.807, 2.05) is 0 Å². The molecule has 1 N–H and O–H groups in total. The highest BCUT2D eigenvalue weighted by molar-refractivity contribution is 5.18. The Labute approximate surface area is 101 Å². The Morgan fingerprint density at radius 1 is 1.41 bits per heavy atom. The molecule has 94 valence electrons. The van der Waals surface area contributed by atoms with Crippen molar-refractivity contribution in [2.24, 2.45) is 0 Å². The van der Waals surface area contributed by atoms with Crippen molar-refractivity contribution in [1.29, 1.82) is 0 Å². The summed E-state index contributed by atoms with van der Waals surface area (Å²) in [4.78, 5) is 2.26. The molecule has 1 saturated heterocycles. The molecule has 4 heteroatoms. The van der Waals surface area contributed by atoms with E-state index in [0.717, 1.165) is 32.1 Å². The fraction of sp³-hybridized carbons (Fsp3) is 0.538. The highest BCUT2D eigenvalue weighted by atomic mass is 19.1. The lowest BCUT2D eigenvalue weighted by molar-refractivity contribution is 0.147. The lowest BCUT2D eigenvalue weighted by Gasteiger charge is -2.35. The second-order valence-electron chi connectivity index (χ2n) is 4.47. The Morgan fingerprint density at radius 2 is 2.24 bits per heavy atom. The van der Waals surface area contributed by atoms with Gasteiger partial charge in [-0.1, -0.05) is 13.0 Å². The van der Waals surface area contributed by atoms with Crippen molar-refractivity contribution >= 4 is 0 Å². The fourth-order valence-corrected chi connectivity index (χ4v) is 2.28. The van der Waals surface area contributed by atoms with Crippen LogP contribution in [0.2, 0.25) is 0 Å². The van der Waals surface area contributed by atoms with Gasteiger partial charge in [0.2, 0.25) is 0 Å². The van der Waals surface area contributed by atoms with Crippen LogP contribution in [0.3, 0.4) is 0 Å². The highest BCUT2D eigenvalue weighted by Gasteiger charge is 2.21. The van der Waals surface area contributed by atoms with Gasteiger partial charge in [0.05, 0.1) is 0 Å². The van der Waals surface area contributed by atoms with E-state index in [4.69, 9.17) is 0 Å². The van der Waals surface area contributed by atoms with Gasteiger partial charge in [-0.3, -0.25) is 4.90 Å². The van der Waals surface area contributed by atoms with Crippen molar-refractivity contribution in [3.63, 3.8) is 0 Å². The zero-order chi connectivity index (χ0) is 12.3. The summed E-state index contributed by atoms with van der Waals surface area (Å²) in [7, 11) is 0. The summed E-state index contributed by atoms with van der Waals surface area (Å²) in [5, 5.41) is 3.33. The second-order valence-corrected chi connectivity index (χ2v) is 4.47. The maximum absolute atomic E-state index is 13.6. The molecule has 0 aliphatic carbocycles. The third kappa shape index (κ3) is 3.01. The van der Waals surface area contributed by atoms with Gasteiger partial charge < -0.3 is 5.32 Å². The van der Waals surface area contributed by atoms with Gasteiger partial charge in [-0.15, -0.1) is 0 Å². The first-order chi connectivity index (χ1) is 8.20. The first-order valence-corrected chi connectivity index (χ1v) is 6.09. The third-order valence-corrected chi connectivity index (χ3v) is 3.33. The normalized spacial score (nSPS) is 21.7. The maximum atomic E-state index is 13.6. The van der Waals surface area contributed by atoms with Gasteiger partial charge in [0, 0.05) is 43.9 Å². The SMILES string of the molecule is CCC1CNCCN1Cc1ccc(F)cc1F. The molecular weight excluding hydrogens is 222 g/mol. The summed E-state index contributed by atoms with van der Waals surface area (Å²) in [6.07, 6.45) is 1.04. The number of hydrogen-bond acceptors (Lipinski definition) is 2. The summed E-state index contributed by atoms with van der Waals surface area (Å²) >= 11 is 0. The first-order valence-electron chi connectivity index (χ1n) is 6.09. The Kier molecular flexibility index (Phi) is 4.07. The van der Waals surface area contributed by atoms with Crippen molar-refractivity contribution in [1.82, 2.24) is 10.2 Å². The molecule has 0 amide bonds. The Balaban J connectivity index is 2.08. The summed E-state index contributed by atoms with van der Waals surface area (Å²) in [5.41, 5.74) is 0.576. The van der Waals surface area contributed by atoms with E-state index in [2.05, 4.69) is 17.1 Å². The number of rotatable bonds is 3. The molecule has 1 atom stereocenters. The molecule has 1 aromatic carbocycles. The number of piperazine rings is 1. The standard InChI is InChI=1S/C13H18F2N2/c1-2-12-8-16-5-6-17(12)9-10-3-4-11(14)7-13(10)15/h3-4,7,12,16H,2,5-6,8-9H2,1H3. The van der Waals surface area contributed by atoms with Crippen LogP contribution in [0.25, 0.3) is 0 Å². The lowest BCUT2D eigenvalue weighted by Crippen LogP contribution is -2.50. The maximum Gasteiger partial charge on any atom is 0.130 e. The average Bonchev–Trinajstić information content (AvgIpc) is 2.33. The predicted molar refractivity (Wildman–Crippen MR) is 63.7 cm³/mol. The topological polar surface area (TPSA) is 15.3 Å². The van der Waals surface area contributed by atoms with Crippen molar-refractivity contribution in [2.75, 3.05) is 19.6 Å². The van der Waals surface area contributed by atoms with Gasteiger partial charge in [-0.25, -0.2) is 8.78 Å².